The standard InChI is InChI=1S/C34H39N7O2/c1-4-15-40-32(42)25-17-35-33(38-31(25)41(40)27-12-11-21-13-14-34(43,5-2)30(21)37-27)36-26-16-23-19-39(3)18-22-7-6-8-24(28(22)23)29(26)20-9-10-20/h4,11-12,16-17,20,22,43H,1,5-10,13-15,18-19H2,2-3H3,(H,35,36,38). The number of anilines is 2. The van der Waals surface area contributed by atoms with Crippen molar-refractivity contribution >= 4 is 22.7 Å². The predicted molar refractivity (Wildman–Crippen MR) is 167 cm³/mol. The molecule has 0 saturated heterocycles. The minimum absolute atomic E-state index is 0.194. The number of likely N-dealkylation sites (N-methyl/N-ethyl adjacent to an activating group) is 1. The van der Waals surface area contributed by atoms with Crippen molar-refractivity contribution in [1.29, 1.82) is 0 Å². The van der Waals surface area contributed by atoms with Crippen LogP contribution < -0.4 is 10.9 Å². The van der Waals surface area contributed by atoms with Crippen LogP contribution in [0.3, 0.4) is 0 Å². The van der Waals surface area contributed by atoms with E-state index in [0.29, 0.717) is 59.7 Å². The third-order valence-electron chi connectivity index (χ3n) is 10.2. The van der Waals surface area contributed by atoms with Gasteiger partial charge in [0.1, 0.15) is 11.0 Å². The molecular formula is C34H39N7O2. The zero-order valence-corrected chi connectivity index (χ0v) is 25.1. The van der Waals surface area contributed by atoms with E-state index in [-0.39, 0.29) is 5.56 Å². The van der Waals surface area contributed by atoms with Crippen LogP contribution in [0, 0.1) is 0 Å². The van der Waals surface area contributed by atoms with Crippen LogP contribution in [-0.4, -0.2) is 47.9 Å². The molecule has 0 radical (unpaired) electrons. The quantitative estimate of drug-likeness (QED) is 0.292. The van der Waals surface area contributed by atoms with Gasteiger partial charge in [0.05, 0.1) is 12.2 Å². The summed E-state index contributed by atoms with van der Waals surface area (Å²) in [6.07, 6.45) is 11.5. The van der Waals surface area contributed by atoms with E-state index < -0.39 is 5.60 Å². The summed E-state index contributed by atoms with van der Waals surface area (Å²) < 4.78 is 3.36. The topological polar surface area (TPSA) is 101 Å². The van der Waals surface area contributed by atoms with Gasteiger partial charge in [-0.05, 0) is 110 Å². The lowest BCUT2D eigenvalue weighted by Gasteiger charge is -2.38. The van der Waals surface area contributed by atoms with Gasteiger partial charge in [-0.2, -0.15) is 4.98 Å². The molecule has 3 aliphatic carbocycles. The molecule has 43 heavy (non-hydrogen) atoms. The van der Waals surface area contributed by atoms with Crippen LogP contribution in [0.5, 0.6) is 0 Å². The Morgan fingerprint density at radius 3 is 2.79 bits per heavy atom. The van der Waals surface area contributed by atoms with Crippen molar-refractivity contribution in [2.75, 3.05) is 18.9 Å². The zero-order valence-electron chi connectivity index (χ0n) is 25.1. The fourth-order valence-corrected chi connectivity index (χ4v) is 8.00. The largest absolute Gasteiger partial charge is 0.384 e. The van der Waals surface area contributed by atoms with E-state index in [1.54, 1.807) is 32.8 Å². The number of allylic oxidation sites excluding steroid dienone is 1. The van der Waals surface area contributed by atoms with Crippen LogP contribution in [0.2, 0.25) is 0 Å². The fourth-order valence-electron chi connectivity index (χ4n) is 8.00. The van der Waals surface area contributed by atoms with Gasteiger partial charge in [-0.25, -0.2) is 19.3 Å². The number of benzene rings is 1. The molecule has 9 nitrogen and oxygen atoms in total. The number of nitrogens with one attached hydrogen (secondary N) is 1. The van der Waals surface area contributed by atoms with Crippen molar-refractivity contribution in [2.24, 2.45) is 0 Å². The Hall–Kier alpha value is -3.82. The van der Waals surface area contributed by atoms with E-state index in [1.807, 2.05) is 19.1 Å². The molecule has 3 aromatic heterocycles. The summed E-state index contributed by atoms with van der Waals surface area (Å²) in [7, 11) is 2.22. The monoisotopic (exact) mass is 577 g/mol. The van der Waals surface area contributed by atoms with Crippen molar-refractivity contribution in [1.82, 2.24) is 29.2 Å². The van der Waals surface area contributed by atoms with Gasteiger partial charge in [-0.15, -0.1) is 6.58 Å². The van der Waals surface area contributed by atoms with Gasteiger partial charge in [0.25, 0.3) is 5.56 Å². The van der Waals surface area contributed by atoms with Crippen LogP contribution in [-0.2, 0) is 31.5 Å². The van der Waals surface area contributed by atoms with E-state index in [1.165, 1.54) is 36.8 Å². The van der Waals surface area contributed by atoms with Crippen molar-refractivity contribution in [3.05, 3.63) is 80.9 Å². The van der Waals surface area contributed by atoms with Crippen LogP contribution in [0.1, 0.15) is 90.8 Å². The Morgan fingerprint density at radius 2 is 2.00 bits per heavy atom. The average Bonchev–Trinajstić information content (AvgIpc) is 3.73. The lowest BCUT2D eigenvalue weighted by Crippen LogP contribution is -2.33. The third kappa shape index (κ3) is 4.19. The molecule has 9 heteroatoms. The molecule has 4 heterocycles. The molecule has 0 amide bonds. The van der Waals surface area contributed by atoms with Crippen molar-refractivity contribution < 1.29 is 5.11 Å². The molecule has 4 aromatic rings. The Bertz CT molecular complexity index is 1850. The van der Waals surface area contributed by atoms with Gasteiger partial charge in [-0.3, -0.25) is 4.79 Å². The van der Waals surface area contributed by atoms with E-state index >= 15 is 0 Å². The summed E-state index contributed by atoms with van der Waals surface area (Å²) in [5.41, 5.74) is 8.23. The first kappa shape index (κ1) is 26.8. The van der Waals surface area contributed by atoms with E-state index in [9.17, 15) is 9.90 Å². The molecule has 0 spiro atoms. The normalized spacial score (nSPS) is 22.9. The first-order chi connectivity index (χ1) is 20.9. The lowest BCUT2D eigenvalue weighted by atomic mass is 9.75. The summed E-state index contributed by atoms with van der Waals surface area (Å²) in [5.74, 6) is 2.23. The molecule has 8 rings (SSSR count). The lowest BCUT2D eigenvalue weighted by molar-refractivity contribution is 0.0306. The Kier molecular flexibility index (Phi) is 6.14. The number of rotatable bonds is 7. The summed E-state index contributed by atoms with van der Waals surface area (Å²) in [5, 5.41) is 15.3. The van der Waals surface area contributed by atoms with Crippen molar-refractivity contribution in [3.63, 3.8) is 0 Å². The summed E-state index contributed by atoms with van der Waals surface area (Å²) >= 11 is 0. The van der Waals surface area contributed by atoms with E-state index in [2.05, 4.69) is 34.9 Å². The summed E-state index contributed by atoms with van der Waals surface area (Å²) in [6.45, 7) is 8.26. The highest BCUT2D eigenvalue weighted by Gasteiger charge is 2.38. The second kappa shape index (κ2) is 9.86. The number of aryl methyl sites for hydroxylation is 1. The number of hydrogen-bond acceptors (Lipinski definition) is 7. The molecule has 1 aliphatic heterocycles. The number of aliphatic hydroxyl groups is 1. The molecule has 2 atom stereocenters. The molecule has 4 aliphatic rings. The van der Waals surface area contributed by atoms with Gasteiger partial charge in [-0.1, -0.05) is 19.1 Å². The van der Waals surface area contributed by atoms with E-state index in [0.717, 1.165) is 37.2 Å². The van der Waals surface area contributed by atoms with Gasteiger partial charge in [0.2, 0.25) is 5.95 Å². The number of aromatic nitrogens is 5. The van der Waals surface area contributed by atoms with Gasteiger partial charge >= 0.3 is 0 Å². The SMILES string of the molecule is C=CCn1c(=O)c2cnc(Nc3cc4c5c(c3C3CC3)CCCC5CN(C)C4)nc2n1-c1ccc2c(n1)C(O)(CC)CC2. The maximum absolute atomic E-state index is 13.6. The molecule has 2 N–H and O–H groups in total. The van der Waals surface area contributed by atoms with Crippen LogP contribution in [0.4, 0.5) is 11.6 Å². The molecule has 1 saturated carbocycles. The van der Waals surface area contributed by atoms with Crippen LogP contribution in [0.25, 0.3) is 16.9 Å². The molecule has 2 unspecified atom stereocenters. The molecule has 1 fully saturated rings. The summed E-state index contributed by atoms with van der Waals surface area (Å²) in [4.78, 5) is 30.6. The maximum atomic E-state index is 13.6. The first-order valence-electron chi connectivity index (χ1n) is 15.8. The third-order valence-corrected chi connectivity index (χ3v) is 10.2. The minimum Gasteiger partial charge on any atom is -0.384 e. The second-order valence-corrected chi connectivity index (χ2v) is 13.1. The Morgan fingerprint density at radius 1 is 1.14 bits per heavy atom. The van der Waals surface area contributed by atoms with E-state index in [4.69, 9.17) is 9.97 Å². The minimum atomic E-state index is -0.960. The molecule has 222 valence electrons. The van der Waals surface area contributed by atoms with Gasteiger partial charge < -0.3 is 15.3 Å². The molecular weight excluding hydrogens is 538 g/mol. The smallest absolute Gasteiger partial charge is 0.278 e. The fraction of sp³-hybridized carbons (Fsp3) is 0.471. The highest BCUT2D eigenvalue weighted by Crippen LogP contribution is 2.51. The molecule has 1 aromatic carbocycles. The zero-order chi connectivity index (χ0) is 29.5. The Balaban J connectivity index is 1.27. The number of hydrogen-bond donors (Lipinski definition) is 2. The highest BCUT2D eigenvalue weighted by atomic mass is 16.3. The summed E-state index contributed by atoms with van der Waals surface area (Å²) in [6, 6.07) is 6.28. The van der Waals surface area contributed by atoms with Crippen LogP contribution >= 0.6 is 0 Å². The van der Waals surface area contributed by atoms with Gasteiger partial charge in [0.15, 0.2) is 11.5 Å². The predicted octanol–water partition coefficient (Wildman–Crippen LogP) is 5.19. The average molecular weight is 578 g/mol. The van der Waals surface area contributed by atoms with Crippen molar-refractivity contribution in [3.8, 4) is 5.82 Å². The Labute approximate surface area is 251 Å². The number of nitrogens with zero attached hydrogens (tertiary/aromatic N) is 6. The second-order valence-electron chi connectivity index (χ2n) is 13.1. The number of pyridine rings is 1. The first-order valence-corrected chi connectivity index (χ1v) is 15.8. The van der Waals surface area contributed by atoms with Gasteiger partial charge in [0, 0.05) is 25.0 Å². The maximum Gasteiger partial charge on any atom is 0.278 e. The van der Waals surface area contributed by atoms with Crippen LogP contribution in [0.15, 0.2) is 41.8 Å². The number of fused-ring (bicyclic) bond motifs is 2. The highest BCUT2D eigenvalue weighted by molar-refractivity contribution is 5.78. The molecule has 0 bridgehead atoms. The van der Waals surface area contributed by atoms with Crippen molar-refractivity contribution in [2.45, 2.75) is 88.8 Å².